The van der Waals surface area contributed by atoms with Crippen molar-refractivity contribution < 1.29 is 0 Å². The molecule has 1 aliphatic carbocycles. The van der Waals surface area contributed by atoms with E-state index in [-0.39, 0.29) is 0 Å². The quantitative estimate of drug-likeness (QED) is 0.776. The van der Waals surface area contributed by atoms with Crippen molar-refractivity contribution in [3.8, 4) is 0 Å². The zero-order valence-electron chi connectivity index (χ0n) is 12.5. The minimum absolute atomic E-state index is 0.407. The average molecular weight is 261 g/mol. The molecule has 0 aliphatic heterocycles. The van der Waals surface area contributed by atoms with E-state index in [1.807, 2.05) is 6.20 Å². The van der Waals surface area contributed by atoms with Gasteiger partial charge in [0, 0.05) is 24.8 Å². The molecule has 1 aromatic rings. The number of anilines is 1. The second-order valence-corrected chi connectivity index (χ2v) is 5.55. The number of aromatic nitrogens is 1. The lowest BCUT2D eigenvalue weighted by Crippen LogP contribution is -2.28. The van der Waals surface area contributed by atoms with E-state index in [9.17, 15) is 0 Å². The van der Waals surface area contributed by atoms with Crippen molar-refractivity contribution in [2.75, 3.05) is 18.0 Å². The molecule has 19 heavy (non-hydrogen) atoms. The Kier molecular flexibility index (Phi) is 5.20. The Morgan fingerprint density at radius 3 is 2.79 bits per heavy atom. The maximum atomic E-state index is 4.58. The van der Waals surface area contributed by atoms with Crippen LogP contribution >= 0.6 is 0 Å². The standard InChI is InChI=1S/C16H27N3/c1-4-9-17-13(3)14-8-10-18-16(12-14)19(11-5-2)15-6-7-15/h8,10,12-13,15,17H,4-7,9,11H2,1-3H3. The lowest BCUT2D eigenvalue weighted by Gasteiger charge is -2.24. The number of nitrogens with zero attached hydrogens (tertiary/aromatic N) is 2. The average Bonchev–Trinajstić information content (AvgIpc) is 3.26. The Bertz CT molecular complexity index is 387. The summed E-state index contributed by atoms with van der Waals surface area (Å²) in [6.45, 7) is 8.87. The molecule has 106 valence electrons. The molecule has 0 spiro atoms. The van der Waals surface area contributed by atoms with Gasteiger partial charge >= 0.3 is 0 Å². The van der Waals surface area contributed by atoms with Crippen molar-refractivity contribution in [1.82, 2.24) is 10.3 Å². The van der Waals surface area contributed by atoms with E-state index in [2.05, 4.69) is 48.1 Å². The normalized spacial score (nSPS) is 16.4. The molecule has 0 saturated heterocycles. The third-order valence-corrected chi connectivity index (χ3v) is 3.72. The number of pyridine rings is 1. The molecule has 1 heterocycles. The van der Waals surface area contributed by atoms with Crippen LogP contribution in [-0.4, -0.2) is 24.1 Å². The fraction of sp³-hybridized carbons (Fsp3) is 0.688. The molecule has 0 radical (unpaired) electrons. The predicted molar refractivity (Wildman–Crippen MR) is 81.6 cm³/mol. The van der Waals surface area contributed by atoms with Crippen molar-refractivity contribution in [3.05, 3.63) is 23.9 Å². The van der Waals surface area contributed by atoms with Gasteiger partial charge in [-0.05, 0) is 56.8 Å². The van der Waals surface area contributed by atoms with Gasteiger partial charge in [0.15, 0.2) is 0 Å². The second kappa shape index (κ2) is 6.90. The molecule has 1 saturated carbocycles. The van der Waals surface area contributed by atoms with Crippen LogP contribution in [0.15, 0.2) is 18.3 Å². The van der Waals surface area contributed by atoms with E-state index >= 15 is 0 Å². The largest absolute Gasteiger partial charge is 0.354 e. The van der Waals surface area contributed by atoms with Crippen LogP contribution in [0.5, 0.6) is 0 Å². The number of hydrogen-bond donors (Lipinski definition) is 1. The summed E-state index contributed by atoms with van der Waals surface area (Å²) in [5, 5.41) is 3.55. The van der Waals surface area contributed by atoms with Gasteiger partial charge in [-0.15, -0.1) is 0 Å². The first-order valence-corrected chi connectivity index (χ1v) is 7.72. The zero-order valence-corrected chi connectivity index (χ0v) is 12.5. The van der Waals surface area contributed by atoms with Gasteiger partial charge in [-0.3, -0.25) is 0 Å². The van der Waals surface area contributed by atoms with Gasteiger partial charge in [-0.25, -0.2) is 4.98 Å². The molecule has 1 atom stereocenters. The first-order valence-electron chi connectivity index (χ1n) is 7.72. The fourth-order valence-electron chi connectivity index (χ4n) is 2.45. The highest BCUT2D eigenvalue weighted by molar-refractivity contribution is 5.44. The molecule has 1 unspecified atom stereocenters. The highest BCUT2D eigenvalue weighted by Crippen LogP contribution is 2.31. The van der Waals surface area contributed by atoms with Crippen LogP contribution in [0, 0.1) is 0 Å². The van der Waals surface area contributed by atoms with Gasteiger partial charge in [0.1, 0.15) is 5.82 Å². The van der Waals surface area contributed by atoms with Crippen LogP contribution in [0.3, 0.4) is 0 Å². The molecule has 0 bridgehead atoms. The minimum Gasteiger partial charge on any atom is -0.354 e. The van der Waals surface area contributed by atoms with E-state index in [4.69, 9.17) is 0 Å². The molecular weight excluding hydrogens is 234 g/mol. The van der Waals surface area contributed by atoms with Crippen LogP contribution in [0.2, 0.25) is 0 Å². The van der Waals surface area contributed by atoms with Crippen molar-refractivity contribution in [2.24, 2.45) is 0 Å². The Hall–Kier alpha value is -1.09. The smallest absolute Gasteiger partial charge is 0.129 e. The lowest BCUT2D eigenvalue weighted by molar-refractivity contribution is 0.570. The van der Waals surface area contributed by atoms with Gasteiger partial charge in [0.2, 0.25) is 0 Å². The number of nitrogens with one attached hydrogen (secondary N) is 1. The monoisotopic (exact) mass is 261 g/mol. The Balaban J connectivity index is 2.08. The van der Waals surface area contributed by atoms with Gasteiger partial charge in [0.05, 0.1) is 0 Å². The molecule has 3 heteroatoms. The Morgan fingerprint density at radius 2 is 2.16 bits per heavy atom. The van der Waals surface area contributed by atoms with E-state index in [0.717, 1.165) is 24.9 Å². The summed E-state index contributed by atoms with van der Waals surface area (Å²) < 4.78 is 0. The lowest BCUT2D eigenvalue weighted by atomic mass is 10.1. The third kappa shape index (κ3) is 3.93. The van der Waals surface area contributed by atoms with E-state index in [0.29, 0.717) is 6.04 Å². The molecule has 0 amide bonds. The summed E-state index contributed by atoms with van der Waals surface area (Å²) in [7, 11) is 0. The summed E-state index contributed by atoms with van der Waals surface area (Å²) in [5.74, 6) is 1.16. The molecular formula is C16H27N3. The highest BCUT2D eigenvalue weighted by atomic mass is 15.2. The summed E-state index contributed by atoms with van der Waals surface area (Å²) in [5.41, 5.74) is 1.35. The fourth-order valence-corrected chi connectivity index (χ4v) is 2.45. The minimum atomic E-state index is 0.407. The second-order valence-electron chi connectivity index (χ2n) is 5.55. The van der Waals surface area contributed by atoms with E-state index in [1.165, 1.54) is 31.2 Å². The van der Waals surface area contributed by atoms with Gasteiger partial charge < -0.3 is 10.2 Å². The van der Waals surface area contributed by atoms with Crippen LogP contribution < -0.4 is 10.2 Å². The van der Waals surface area contributed by atoms with Crippen LogP contribution in [0.1, 0.15) is 58.1 Å². The van der Waals surface area contributed by atoms with Gasteiger partial charge in [0.25, 0.3) is 0 Å². The maximum absolute atomic E-state index is 4.58. The van der Waals surface area contributed by atoms with Crippen LogP contribution in [0.4, 0.5) is 5.82 Å². The topological polar surface area (TPSA) is 28.2 Å². The third-order valence-electron chi connectivity index (χ3n) is 3.72. The summed E-state index contributed by atoms with van der Waals surface area (Å²) >= 11 is 0. The Morgan fingerprint density at radius 1 is 1.37 bits per heavy atom. The van der Waals surface area contributed by atoms with Crippen LogP contribution in [0.25, 0.3) is 0 Å². The maximum Gasteiger partial charge on any atom is 0.129 e. The molecule has 1 N–H and O–H groups in total. The number of rotatable bonds is 8. The Labute approximate surface area is 117 Å². The molecule has 1 aromatic heterocycles. The molecule has 3 nitrogen and oxygen atoms in total. The SMILES string of the molecule is CCCNC(C)c1ccnc(N(CCC)C2CC2)c1. The zero-order chi connectivity index (χ0) is 13.7. The summed E-state index contributed by atoms with van der Waals surface area (Å²) in [4.78, 5) is 7.06. The van der Waals surface area contributed by atoms with Crippen molar-refractivity contribution in [3.63, 3.8) is 0 Å². The summed E-state index contributed by atoms with van der Waals surface area (Å²) in [6.07, 6.45) is 6.98. The van der Waals surface area contributed by atoms with Crippen LogP contribution in [-0.2, 0) is 0 Å². The first-order chi connectivity index (χ1) is 9.26. The van der Waals surface area contributed by atoms with Gasteiger partial charge in [-0.1, -0.05) is 13.8 Å². The summed E-state index contributed by atoms with van der Waals surface area (Å²) in [6, 6.07) is 5.54. The van der Waals surface area contributed by atoms with E-state index in [1.54, 1.807) is 0 Å². The van der Waals surface area contributed by atoms with Crippen molar-refractivity contribution in [1.29, 1.82) is 0 Å². The predicted octanol–water partition coefficient (Wildman–Crippen LogP) is 3.52. The van der Waals surface area contributed by atoms with Crippen molar-refractivity contribution in [2.45, 2.75) is 58.5 Å². The molecule has 0 aromatic carbocycles. The molecule has 1 fully saturated rings. The van der Waals surface area contributed by atoms with Gasteiger partial charge in [-0.2, -0.15) is 0 Å². The number of hydrogen-bond acceptors (Lipinski definition) is 3. The van der Waals surface area contributed by atoms with E-state index < -0.39 is 0 Å². The highest BCUT2D eigenvalue weighted by Gasteiger charge is 2.29. The molecule has 2 rings (SSSR count). The molecule has 1 aliphatic rings. The van der Waals surface area contributed by atoms with Crippen molar-refractivity contribution >= 4 is 5.82 Å². The first kappa shape index (κ1) is 14.3.